The van der Waals surface area contributed by atoms with Crippen molar-refractivity contribution in [1.82, 2.24) is 9.80 Å². The van der Waals surface area contributed by atoms with Gasteiger partial charge in [0.05, 0.1) is 6.10 Å². The summed E-state index contributed by atoms with van der Waals surface area (Å²) >= 11 is 0. The minimum absolute atomic E-state index is 0.0226. The van der Waals surface area contributed by atoms with Gasteiger partial charge in [0.2, 0.25) is 0 Å². The SMILES string of the molecule is CCO[C@@H](CN1CCN(C[C@@H](C)C(=O)c2ccccc2)CC1)c1ccccc1. The first-order valence-corrected chi connectivity index (χ1v) is 10.4. The van der Waals surface area contributed by atoms with Gasteiger partial charge in [-0.25, -0.2) is 0 Å². The van der Waals surface area contributed by atoms with Gasteiger partial charge in [0.15, 0.2) is 5.78 Å². The van der Waals surface area contributed by atoms with E-state index in [2.05, 4.69) is 41.0 Å². The number of carbonyl (C=O) groups excluding carboxylic acids is 1. The summed E-state index contributed by atoms with van der Waals surface area (Å²) in [6.07, 6.45) is 0.122. The summed E-state index contributed by atoms with van der Waals surface area (Å²) < 4.78 is 6.00. The molecule has 150 valence electrons. The highest BCUT2D eigenvalue weighted by atomic mass is 16.5. The van der Waals surface area contributed by atoms with Crippen LogP contribution in [0, 0.1) is 5.92 Å². The fourth-order valence-corrected chi connectivity index (χ4v) is 3.87. The van der Waals surface area contributed by atoms with Crippen LogP contribution >= 0.6 is 0 Å². The zero-order chi connectivity index (χ0) is 19.8. The molecule has 1 heterocycles. The number of carbonyl (C=O) groups is 1. The zero-order valence-corrected chi connectivity index (χ0v) is 17.1. The van der Waals surface area contributed by atoms with Crippen molar-refractivity contribution in [1.29, 1.82) is 0 Å². The van der Waals surface area contributed by atoms with Crippen molar-refractivity contribution in [2.45, 2.75) is 20.0 Å². The van der Waals surface area contributed by atoms with Gasteiger partial charge < -0.3 is 9.64 Å². The Morgan fingerprint density at radius 1 is 0.893 bits per heavy atom. The lowest BCUT2D eigenvalue weighted by Gasteiger charge is -2.37. The molecule has 1 fully saturated rings. The van der Waals surface area contributed by atoms with E-state index in [1.165, 1.54) is 5.56 Å². The average molecular weight is 381 g/mol. The fraction of sp³-hybridized carbons (Fsp3) is 0.458. The molecular weight excluding hydrogens is 348 g/mol. The van der Waals surface area contributed by atoms with Gasteiger partial charge in [-0.3, -0.25) is 9.69 Å². The van der Waals surface area contributed by atoms with Crippen LogP contribution in [0.4, 0.5) is 0 Å². The molecule has 0 aromatic heterocycles. The van der Waals surface area contributed by atoms with Crippen LogP contribution in [0.2, 0.25) is 0 Å². The lowest BCUT2D eigenvalue weighted by Crippen LogP contribution is -2.49. The van der Waals surface area contributed by atoms with Crippen molar-refractivity contribution in [3.8, 4) is 0 Å². The first-order chi connectivity index (χ1) is 13.7. The molecule has 0 N–H and O–H groups in total. The number of hydrogen-bond acceptors (Lipinski definition) is 4. The number of piperazine rings is 1. The van der Waals surface area contributed by atoms with Crippen LogP contribution in [0.1, 0.15) is 35.9 Å². The van der Waals surface area contributed by atoms with Crippen molar-refractivity contribution in [3.63, 3.8) is 0 Å². The van der Waals surface area contributed by atoms with E-state index in [-0.39, 0.29) is 17.8 Å². The molecule has 0 saturated carbocycles. The molecule has 28 heavy (non-hydrogen) atoms. The van der Waals surface area contributed by atoms with Gasteiger partial charge in [-0.2, -0.15) is 0 Å². The molecule has 4 nitrogen and oxygen atoms in total. The van der Waals surface area contributed by atoms with Gasteiger partial charge in [0.1, 0.15) is 0 Å². The topological polar surface area (TPSA) is 32.8 Å². The van der Waals surface area contributed by atoms with E-state index in [1.54, 1.807) is 0 Å². The predicted octanol–water partition coefficient (Wildman–Crippen LogP) is 3.90. The van der Waals surface area contributed by atoms with Gasteiger partial charge in [-0.15, -0.1) is 0 Å². The standard InChI is InChI=1S/C24H32N2O2/c1-3-28-23(21-10-6-4-7-11-21)19-26-16-14-25(15-17-26)18-20(2)24(27)22-12-8-5-9-13-22/h4-13,20,23H,3,14-19H2,1-2H3/t20-,23+/m1/s1. The van der Waals surface area contributed by atoms with Crippen LogP contribution in [-0.2, 0) is 4.74 Å². The molecule has 1 saturated heterocycles. The smallest absolute Gasteiger partial charge is 0.166 e. The molecule has 2 aromatic carbocycles. The molecule has 0 amide bonds. The molecule has 0 aliphatic carbocycles. The minimum Gasteiger partial charge on any atom is -0.372 e. The van der Waals surface area contributed by atoms with Gasteiger partial charge in [0.25, 0.3) is 0 Å². The number of benzene rings is 2. The van der Waals surface area contributed by atoms with Crippen LogP contribution < -0.4 is 0 Å². The number of Topliss-reactive ketones (excluding diaryl/α,β-unsaturated/α-hetero) is 1. The Hall–Kier alpha value is -2.01. The van der Waals surface area contributed by atoms with Crippen molar-refractivity contribution in [2.24, 2.45) is 5.92 Å². The third kappa shape index (κ3) is 5.74. The lowest BCUT2D eigenvalue weighted by molar-refractivity contribution is 0.0170. The molecule has 0 spiro atoms. The average Bonchev–Trinajstić information content (AvgIpc) is 2.75. The maximum Gasteiger partial charge on any atom is 0.166 e. The van der Waals surface area contributed by atoms with Gasteiger partial charge in [-0.05, 0) is 12.5 Å². The van der Waals surface area contributed by atoms with Crippen LogP contribution in [0.3, 0.4) is 0 Å². The summed E-state index contributed by atoms with van der Waals surface area (Å²) in [6, 6.07) is 20.1. The second kappa shape index (κ2) is 10.5. The van der Waals surface area contributed by atoms with E-state index in [0.29, 0.717) is 0 Å². The Balaban J connectivity index is 1.48. The summed E-state index contributed by atoms with van der Waals surface area (Å²) in [7, 11) is 0. The third-order valence-corrected chi connectivity index (χ3v) is 5.47. The van der Waals surface area contributed by atoms with Gasteiger partial charge in [0, 0.05) is 57.4 Å². The van der Waals surface area contributed by atoms with Gasteiger partial charge >= 0.3 is 0 Å². The minimum atomic E-state index is 0.0226. The Morgan fingerprint density at radius 3 is 2.00 bits per heavy atom. The molecule has 2 atom stereocenters. The molecule has 0 bridgehead atoms. The van der Waals surface area contributed by atoms with E-state index >= 15 is 0 Å². The van der Waals surface area contributed by atoms with Crippen molar-refractivity contribution < 1.29 is 9.53 Å². The van der Waals surface area contributed by atoms with Crippen molar-refractivity contribution >= 4 is 5.78 Å². The largest absolute Gasteiger partial charge is 0.372 e. The second-order valence-electron chi connectivity index (χ2n) is 7.59. The fourth-order valence-electron chi connectivity index (χ4n) is 3.87. The molecule has 0 unspecified atom stereocenters. The van der Waals surface area contributed by atoms with E-state index in [1.807, 2.05) is 43.3 Å². The van der Waals surface area contributed by atoms with E-state index in [0.717, 1.165) is 51.4 Å². The maximum absolute atomic E-state index is 12.6. The number of ether oxygens (including phenoxy) is 1. The Bertz CT molecular complexity index is 712. The number of hydrogen-bond donors (Lipinski definition) is 0. The normalized spacial score (nSPS) is 17.9. The van der Waals surface area contributed by atoms with Crippen molar-refractivity contribution in [2.75, 3.05) is 45.9 Å². The quantitative estimate of drug-likeness (QED) is 0.618. The summed E-state index contributed by atoms with van der Waals surface area (Å²) in [5.41, 5.74) is 2.06. The molecular formula is C24H32N2O2. The predicted molar refractivity (Wildman–Crippen MR) is 114 cm³/mol. The first kappa shape index (κ1) is 20.7. The highest BCUT2D eigenvalue weighted by Gasteiger charge is 2.24. The molecule has 1 aliphatic rings. The summed E-state index contributed by atoms with van der Waals surface area (Å²) in [6.45, 7) is 10.6. The molecule has 1 aliphatic heterocycles. The highest BCUT2D eigenvalue weighted by Crippen LogP contribution is 2.20. The first-order valence-electron chi connectivity index (χ1n) is 10.4. The van der Waals surface area contributed by atoms with Gasteiger partial charge in [-0.1, -0.05) is 67.6 Å². The van der Waals surface area contributed by atoms with E-state index < -0.39 is 0 Å². The van der Waals surface area contributed by atoms with E-state index in [9.17, 15) is 4.79 Å². The molecule has 4 heteroatoms. The lowest BCUT2D eigenvalue weighted by atomic mass is 9.98. The summed E-state index contributed by atoms with van der Waals surface area (Å²) in [5.74, 6) is 0.262. The number of rotatable bonds is 9. The molecule has 3 rings (SSSR count). The monoisotopic (exact) mass is 380 g/mol. The molecule has 2 aromatic rings. The van der Waals surface area contributed by atoms with Crippen LogP contribution in [0.5, 0.6) is 0 Å². The summed E-state index contributed by atoms with van der Waals surface area (Å²) in [5, 5.41) is 0. The van der Waals surface area contributed by atoms with Crippen molar-refractivity contribution in [3.05, 3.63) is 71.8 Å². The van der Waals surface area contributed by atoms with E-state index in [4.69, 9.17) is 4.74 Å². The Labute approximate surface area is 169 Å². The zero-order valence-electron chi connectivity index (χ0n) is 17.1. The Kier molecular flexibility index (Phi) is 7.78. The second-order valence-corrected chi connectivity index (χ2v) is 7.59. The third-order valence-electron chi connectivity index (χ3n) is 5.47. The van der Waals surface area contributed by atoms with Crippen LogP contribution in [0.15, 0.2) is 60.7 Å². The number of ketones is 1. The highest BCUT2D eigenvalue weighted by molar-refractivity contribution is 5.97. The van der Waals surface area contributed by atoms with Crippen LogP contribution in [-0.4, -0.2) is 61.5 Å². The maximum atomic E-state index is 12.6. The Morgan fingerprint density at radius 2 is 1.43 bits per heavy atom. The molecule has 0 radical (unpaired) electrons. The summed E-state index contributed by atoms with van der Waals surface area (Å²) in [4.78, 5) is 17.5. The number of nitrogens with zero attached hydrogens (tertiary/aromatic N) is 2. The van der Waals surface area contributed by atoms with Crippen LogP contribution in [0.25, 0.3) is 0 Å².